The highest BCUT2D eigenvalue weighted by Crippen LogP contribution is 2.27. The second-order valence-electron chi connectivity index (χ2n) is 8.54. The smallest absolute Gasteiger partial charge is 0.336 e. The van der Waals surface area contributed by atoms with Gasteiger partial charge in [-0.2, -0.15) is 0 Å². The highest BCUT2D eigenvalue weighted by atomic mass is 16.5. The molecule has 1 unspecified atom stereocenters. The molecule has 37 heavy (non-hydrogen) atoms. The van der Waals surface area contributed by atoms with E-state index in [1.165, 1.54) is 0 Å². The van der Waals surface area contributed by atoms with Crippen molar-refractivity contribution in [2.75, 3.05) is 27.4 Å². The first kappa shape index (κ1) is 29.5. The molecule has 1 aromatic carbocycles. The number of imidazole rings is 1. The Morgan fingerprint density at radius 3 is 2.32 bits per heavy atom. The molecule has 3 rings (SSSR count). The SMILES string of the molecule is COc1ccc(CN(Cc2cnc[nH]2)CC2CCCO2)c(OC)c1.O=C(O)CC(O)(CC(=O)O)C(=O)O. The van der Waals surface area contributed by atoms with E-state index in [0.717, 1.165) is 61.8 Å². The summed E-state index contributed by atoms with van der Waals surface area (Å²) in [6.45, 7) is 3.35. The summed E-state index contributed by atoms with van der Waals surface area (Å²) in [6, 6.07) is 5.96. The Labute approximate surface area is 213 Å². The van der Waals surface area contributed by atoms with Crippen LogP contribution in [0.3, 0.4) is 0 Å². The van der Waals surface area contributed by atoms with Crippen LogP contribution in [0.4, 0.5) is 0 Å². The first-order chi connectivity index (χ1) is 17.6. The fourth-order valence-electron chi connectivity index (χ4n) is 3.81. The van der Waals surface area contributed by atoms with E-state index in [0.29, 0.717) is 6.10 Å². The molecule has 5 N–H and O–H groups in total. The molecule has 1 fully saturated rings. The quantitative estimate of drug-likeness (QED) is 0.254. The highest BCUT2D eigenvalue weighted by molar-refractivity contribution is 5.88. The van der Waals surface area contributed by atoms with Gasteiger partial charge in [0, 0.05) is 49.8 Å². The molecule has 0 aliphatic carbocycles. The normalized spacial score (nSPS) is 15.1. The van der Waals surface area contributed by atoms with Crippen molar-refractivity contribution in [3.63, 3.8) is 0 Å². The molecule has 0 amide bonds. The number of aliphatic carboxylic acids is 3. The maximum Gasteiger partial charge on any atom is 0.336 e. The van der Waals surface area contributed by atoms with Gasteiger partial charge in [-0.05, 0) is 18.9 Å². The number of methoxy groups -OCH3 is 2. The third-order valence-corrected chi connectivity index (χ3v) is 5.61. The molecule has 0 bridgehead atoms. The minimum absolute atomic E-state index is 0.303. The van der Waals surface area contributed by atoms with Gasteiger partial charge in [0.05, 0.1) is 39.5 Å². The minimum Gasteiger partial charge on any atom is -0.497 e. The standard InChI is InChI=1S/C18H25N3O3.C6H8O7/c1-22-16-6-5-14(18(8-16)23-2)10-21(11-15-9-19-13-20-15)12-17-4-3-7-24-17;7-3(8)1-6(13,5(11)12)2-4(9)10/h5-6,8-9,13,17H,3-4,7,10-12H2,1-2H3,(H,19,20);13H,1-2H2,(H,7,8)(H,9,10)(H,11,12). The molecular weight excluding hydrogens is 490 g/mol. The average Bonchev–Trinajstić information content (AvgIpc) is 3.53. The summed E-state index contributed by atoms with van der Waals surface area (Å²) in [4.78, 5) is 40.1. The lowest BCUT2D eigenvalue weighted by Gasteiger charge is -2.25. The molecule has 0 saturated carbocycles. The zero-order valence-electron chi connectivity index (χ0n) is 20.8. The van der Waals surface area contributed by atoms with E-state index in [2.05, 4.69) is 20.9 Å². The van der Waals surface area contributed by atoms with Gasteiger partial charge in [-0.15, -0.1) is 0 Å². The third kappa shape index (κ3) is 9.71. The number of benzene rings is 1. The van der Waals surface area contributed by atoms with Gasteiger partial charge in [0.15, 0.2) is 5.60 Å². The Hall–Kier alpha value is -3.68. The number of rotatable bonds is 13. The number of hydrogen-bond donors (Lipinski definition) is 5. The van der Waals surface area contributed by atoms with E-state index in [4.69, 9.17) is 34.6 Å². The second-order valence-corrected chi connectivity index (χ2v) is 8.54. The van der Waals surface area contributed by atoms with E-state index >= 15 is 0 Å². The van der Waals surface area contributed by atoms with Gasteiger partial charge in [0.25, 0.3) is 0 Å². The number of aliphatic hydroxyl groups is 1. The summed E-state index contributed by atoms with van der Waals surface area (Å²) in [7, 11) is 3.36. The fourth-order valence-corrected chi connectivity index (χ4v) is 3.81. The molecular formula is C24H33N3O10. The van der Waals surface area contributed by atoms with Crippen LogP contribution in [0, 0.1) is 0 Å². The third-order valence-electron chi connectivity index (χ3n) is 5.61. The zero-order valence-corrected chi connectivity index (χ0v) is 20.8. The molecule has 2 aromatic rings. The first-order valence-electron chi connectivity index (χ1n) is 11.5. The van der Waals surface area contributed by atoms with Crippen molar-refractivity contribution in [2.45, 2.75) is 50.5 Å². The Morgan fingerprint density at radius 1 is 1.14 bits per heavy atom. The number of aromatic nitrogens is 2. The number of carbonyl (C=O) groups is 3. The Bertz CT molecular complexity index is 1010. The highest BCUT2D eigenvalue weighted by Gasteiger charge is 2.40. The predicted molar refractivity (Wildman–Crippen MR) is 128 cm³/mol. The molecule has 13 heteroatoms. The van der Waals surface area contributed by atoms with Gasteiger partial charge in [-0.1, -0.05) is 6.07 Å². The fraction of sp³-hybridized carbons (Fsp3) is 0.500. The Morgan fingerprint density at radius 2 is 1.84 bits per heavy atom. The van der Waals surface area contributed by atoms with Crippen molar-refractivity contribution in [3.05, 3.63) is 42.0 Å². The molecule has 0 spiro atoms. The zero-order chi connectivity index (χ0) is 27.4. The molecule has 1 saturated heterocycles. The van der Waals surface area contributed by atoms with E-state index in [1.54, 1.807) is 20.5 Å². The Balaban J connectivity index is 0.000000317. The summed E-state index contributed by atoms with van der Waals surface area (Å²) in [5, 5.41) is 33.8. The van der Waals surface area contributed by atoms with E-state index in [9.17, 15) is 14.4 Å². The van der Waals surface area contributed by atoms with Gasteiger partial charge >= 0.3 is 17.9 Å². The number of hydrogen-bond acceptors (Lipinski definition) is 9. The maximum atomic E-state index is 10.3. The van der Waals surface area contributed by atoms with E-state index < -0.39 is 36.4 Å². The van der Waals surface area contributed by atoms with Gasteiger partial charge < -0.3 is 39.6 Å². The van der Waals surface area contributed by atoms with Gasteiger partial charge in [-0.3, -0.25) is 14.5 Å². The van der Waals surface area contributed by atoms with E-state index in [1.807, 2.05) is 18.3 Å². The lowest BCUT2D eigenvalue weighted by atomic mass is 9.96. The number of ether oxygens (including phenoxy) is 3. The van der Waals surface area contributed by atoms with Crippen LogP contribution < -0.4 is 9.47 Å². The van der Waals surface area contributed by atoms with Gasteiger partial charge in [0.1, 0.15) is 11.5 Å². The first-order valence-corrected chi connectivity index (χ1v) is 11.5. The van der Waals surface area contributed by atoms with Gasteiger partial charge in [0.2, 0.25) is 0 Å². The van der Waals surface area contributed by atoms with Crippen molar-refractivity contribution in [1.29, 1.82) is 0 Å². The predicted octanol–water partition coefficient (Wildman–Crippen LogP) is 1.36. The number of carboxylic acid groups (broad SMARTS) is 3. The largest absolute Gasteiger partial charge is 0.497 e. The number of carboxylic acids is 3. The average molecular weight is 524 g/mol. The van der Waals surface area contributed by atoms with Gasteiger partial charge in [-0.25, -0.2) is 9.78 Å². The summed E-state index contributed by atoms with van der Waals surface area (Å²) in [5.41, 5.74) is -0.506. The molecule has 204 valence electrons. The number of nitrogens with zero attached hydrogens (tertiary/aromatic N) is 2. The Kier molecular flexibility index (Phi) is 11.3. The molecule has 13 nitrogen and oxygen atoms in total. The van der Waals surface area contributed by atoms with Crippen LogP contribution in [0.15, 0.2) is 30.7 Å². The van der Waals surface area contributed by atoms with Crippen LogP contribution in [0.1, 0.15) is 36.9 Å². The number of aromatic amines is 1. The van der Waals surface area contributed by atoms with Crippen LogP contribution in [0.25, 0.3) is 0 Å². The molecule has 2 heterocycles. The molecule has 1 aliphatic rings. The summed E-state index contributed by atoms with van der Waals surface area (Å²) < 4.78 is 16.6. The van der Waals surface area contributed by atoms with Crippen LogP contribution in [-0.2, 0) is 32.2 Å². The lowest BCUT2D eigenvalue weighted by Crippen LogP contribution is -2.42. The van der Waals surface area contributed by atoms with Crippen LogP contribution in [0.5, 0.6) is 11.5 Å². The second kappa shape index (κ2) is 14.2. The minimum atomic E-state index is -2.74. The van der Waals surface area contributed by atoms with E-state index in [-0.39, 0.29) is 0 Å². The maximum absolute atomic E-state index is 10.3. The van der Waals surface area contributed by atoms with Crippen molar-refractivity contribution < 1.29 is 49.0 Å². The summed E-state index contributed by atoms with van der Waals surface area (Å²) in [5.74, 6) is -3.37. The van der Waals surface area contributed by atoms with Crippen LogP contribution in [-0.4, -0.2) is 92.3 Å². The van der Waals surface area contributed by atoms with Crippen LogP contribution in [0.2, 0.25) is 0 Å². The van der Waals surface area contributed by atoms with Crippen molar-refractivity contribution in [1.82, 2.24) is 14.9 Å². The molecule has 1 aliphatic heterocycles. The number of nitrogens with one attached hydrogen (secondary N) is 1. The van der Waals surface area contributed by atoms with Crippen molar-refractivity contribution in [3.8, 4) is 11.5 Å². The summed E-state index contributed by atoms with van der Waals surface area (Å²) >= 11 is 0. The summed E-state index contributed by atoms with van der Waals surface area (Å²) in [6.07, 6.45) is 3.87. The number of H-pyrrole nitrogens is 1. The molecule has 1 atom stereocenters. The lowest BCUT2D eigenvalue weighted by molar-refractivity contribution is -0.170. The molecule has 1 aromatic heterocycles. The van der Waals surface area contributed by atoms with Crippen molar-refractivity contribution >= 4 is 17.9 Å². The topological polar surface area (TPSA) is 192 Å². The molecule has 0 radical (unpaired) electrons. The monoisotopic (exact) mass is 523 g/mol. The van der Waals surface area contributed by atoms with Crippen LogP contribution >= 0.6 is 0 Å². The van der Waals surface area contributed by atoms with Crippen molar-refractivity contribution in [2.24, 2.45) is 0 Å².